The van der Waals surface area contributed by atoms with Gasteiger partial charge in [-0.3, -0.25) is 13.8 Å². The van der Waals surface area contributed by atoms with Gasteiger partial charge in [0.1, 0.15) is 13.2 Å². The molecule has 0 radical (unpaired) electrons. The number of allylic oxidation sites excluding steroid dienone is 15. The van der Waals surface area contributed by atoms with Gasteiger partial charge >= 0.3 is 7.82 Å². The molecule has 3 unspecified atom stereocenters. The van der Waals surface area contributed by atoms with Crippen molar-refractivity contribution in [3.63, 3.8) is 0 Å². The highest BCUT2D eigenvalue weighted by Crippen LogP contribution is 2.43. The Morgan fingerprint density at radius 3 is 1.11 bits per heavy atom. The van der Waals surface area contributed by atoms with E-state index in [2.05, 4.69) is 104 Å². The largest absolute Gasteiger partial charge is 0.472 e. The van der Waals surface area contributed by atoms with Gasteiger partial charge in [-0.2, -0.15) is 0 Å². The number of likely N-dealkylation sites (N-methyl/N-ethyl adjacent to an activating group) is 1. The zero-order chi connectivity index (χ0) is 60.5. The Balaban J connectivity index is 4.10. The van der Waals surface area contributed by atoms with Crippen LogP contribution in [0.4, 0.5) is 0 Å². The predicted octanol–water partition coefficient (Wildman–Crippen LogP) is 22.5. The molecule has 0 saturated carbocycles. The van der Waals surface area contributed by atoms with Crippen LogP contribution in [0.5, 0.6) is 0 Å². The van der Waals surface area contributed by atoms with Crippen LogP contribution >= 0.6 is 7.82 Å². The molecule has 0 heterocycles. The molecule has 482 valence electrons. The van der Waals surface area contributed by atoms with Crippen LogP contribution in [-0.2, 0) is 18.4 Å². The number of aliphatic hydroxyl groups is 1. The summed E-state index contributed by atoms with van der Waals surface area (Å²) in [4.78, 5) is 23.4. The maximum Gasteiger partial charge on any atom is 0.472 e. The van der Waals surface area contributed by atoms with Crippen molar-refractivity contribution in [3.05, 3.63) is 97.2 Å². The molecule has 0 aromatic heterocycles. The Bertz CT molecular complexity index is 1670. The van der Waals surface area contributed by atoms with E-state index in [4.69, 9.17) is 9.05 Å². The molecule has 0 aliphatic heterocycles. The highest BCUT2D eigenvalue weighted by atomic mass is 31.2. The molecule has 1 amide bonds. The van der Waals surface area contributed by atoms with Crippen molar-refractivity contribution in [2.75, 3.05) is 40.9 Å². The van der Waals surface area contributed by atoms with E-state index in [1.807, 2.05) is 27.2 Å². The zero-order valence-electron chi connectivity index (χ0n) is 55.2. The van der Waals surface area contributed by atoms with Crippen LogP contribution in [0.15, 0.2) is 97.2 Å². The number of hydrogen-bond donors (Lipinski definition) is 3. The van der Waals surface area contributed by atoms with Crippen LogP contribution in [0.2, 0.25) is 0 Å². The number of quaternary nitrogens is 1. The van der Waals surface area contributed by atoms with Crippen molar-refractivity contribution in [2.45, 2.75) is 328 Å². The Morgan fingerprint density at radius 2 is 0.735 bits per heavy atom. The normalized spacial score (nSPS) is 14.3. The fraction of sp³-hybridized carbons (Fsp3) is 0.770. The Labute approximate surface area is 515 Å². The van der Waals surface area contributed by atoms with E-state index in [-0.39, 0.29) is 19.1 Å². The Hall–Kier alpha value is -2.58. The fourth-order valence-electron chi connectivity index (χ4n) is 10.1. The number of carbonyl (C=O) groups excluding carboxylic acids is 1. The van der Waals surface area contributed by atoms with E-state index in [1.165, 1.54) is 218 Å². The molecule has 0 spiro atoms. The molecule has 9 heteroatoms. The number of aliphatic hydroxyl groups excluding tert-OH is 1. The van der Waals surface area contributed by atoms with Crippen molar-refractivity contribution >= 4 is 13.7 Å². The maximum absolute atomic E-state index is 13.0. The summed E-state index contributed by atoms with van der Waals surface area (Å²) in [5, 5.41) is 14.0. The third-order valence-corrected chi connectivity index (χ3v) is 16.5. The number of carbonyl (C=O) groups is 1. The lowest BCUT2D eigenvalue weighted by atomic mass is 10.0. The number of phosphoric acid groups is 1. The third kappa shape index (κ3) is 66.8. The van der Waals surface area contributed by atoms with E-state index >= 15 is 0 Å². The molecule has 8 nitrogen and oxygen atoms in total. The molecule has 0 rings (SSSR count). The van der Waals surface area contributed by atoms with Crippen LogP contribution in [0.1, 0.15) is 316 Å². The molecule has 0 saturated heterocycles. The summed E-state index contributed by atoms with van der Waals surface area (Å²) < 4.78 is 23.8. The number of phosphoric ester groups is 1. The number of unbranched alkanes of at least 4 members (excludes halogenated alkanes) is 37. The molecule has 0 aliphatic carbocycles. The lowest BCUT2D eigenvalue weighted by Crippen LogP contribution is -2.45. The summed E-state index contributed by atoms with van der Waals surface area (Å²) in [5.41, 5.74) is 0. The van der Waals surface area contributed by atoms with Gasteiger partial charge in [0.15, 0.2) is 0 Å². The van der Waals surface area contributed by atoms with Crippen LogP contribution in [0.25, 0.3) is 0 Å². The van der Waals surface area contributed by atoms with Gasteiger partial charge in [0, 0.05) is 6.42 Å². The quantitative estimate of drug-likeness (QED) is 0.0243. The van der Waals surface area contributed by atoms with E-state index in [0.717, 1.165) is 77.0 Å². The molecule has 3 N–H and O–H groups in total. The van der Waals surface area contributed by atoms with Crippen molar-refractivity contribution in [3.8, 4) is 0 Å². The minimum Gasteiger partial charge on any atom is -0.387 e. The van der Waals surface area contributed by atoms with Gasteiger partial charge in [-0.15, -0.1) is 0 Å². The highest BCUT2D eigenvalue weighted by molar-refractivity contribution is 7.47. The minimum absolute atomic E-state index is 0.0515. The maximum atomic E-state index is 13.0. The van der Waals surface area contributed by atoms with Crippen LogP contribution in [0, 0.1) is 0 Å². The summed E-state index contributed by atoms with van der Waals surface area (Å²) >= 11 is 0. The summed E-state index contributed by atoms with van der Waals surface area (Å²) in [6.45, 7) is 4.70. The number of nitrogens with one attached hydrogen (secondary N) is 1. The lowest BCUT2D eigenvalue weighted by molar-refractivity contribution is -0.870. The molecule has 0 aliphatic rings. The SMILES string of the molecule is CC/C=C\C/C=C\C/C=C\C/C=C\C/C=C\CCCCCCCCCCCCCCCCCCCCCC(=O)NC(COP(=O)(O)OCC[N+](C)(C)C)C(O)/C=C/CC/C=C/CC/C=C/CCCCCCCCCCCCCCCCCC. The minimum atomic E-state index is -4.37. The van der Waals surface area contributed by atoms with Crippen molar-refractivity contribution < 1.29 is 32.9 Å². The summed E-state index contributed by atoms with van der Waals surface area (Å²) in [7, 11) is 1.55. The highest BCUT2D eigenvalue weighted by Gasteiger charge is 2.28. The van der Waals surface area contributed by atoms with E-state index < -0.39 is 20.0 Å². The number of amides is 1. The Morgan fingerprint density at radius 1 is 0.422 bits per heavy atom. The van der Waals surface area contributed by atoms with Gasteiger partial charge in [0.25, 0.3) is 0 Å². The first kappa shape index (κ1) is 80.4. The number of hydrogen-bond acceptors (Lipinski definition) is 5. The molecular weight excluding hydrogens is 1040 g/mol. The molecular formula is C74H136N2O6P+. The number of nitrogens with zero attached hydrogens (tertiary/aromatic N) is 1. The molecule has 83 heavy (non-hydrogen) atoms. The average Bonchev–Trinajstić information content (AvgIpc) is 3.49. The van der Waals surface area contributed by atoms with Crippen LogP contribution in [-0.4, -0.2) is 73.4 Å². The molecule has 0 fully saturated rings. The van der Waals surface area contributed by atoms with Gasteiger partial charge in [-0.05, 0) is 89.9 Å². The summed E-state index contributed by atoms with van der Waals surface area (Å²) in [5.74, 6) is -0.189. The second kappa shape index (κ2) is 63.9. The third-order valence-electron chi connectivity index (χ3n) is 15.5. The summed E-state index contributed by atoms with van der Waals surface area (Å²) in [6, 6.07) is -0.875. The first-order valence-corrected chi connectivity index (χ1v) is 36.6. The molecule has 0 aromatic carbocycles. The van der Waals surface area contributed by atoms with Gasteiger partial charge in [-0.25, -0.2) is 4.57 Å². The smallest absolute Gasteiger partial charge is 0.387 e. The predicted molar refractivity (Wildman–Crippen MR) is 364 cm³/mol. The van der Waals surface area contributed by atoms with E-state index in [1.54, 1.807) is 6.08 Å². The zero-order valence-corrected chi connectivity index (χ0v) is 56.1. The van der Waals surface area contributed by atoms with Crippen molar-refractivity contribution in [2.24, 2.45) is 0 Å². The van der Waals surface area contributed by atoms with Gasteiger partial charge < -0.3 is 19.8 Å². The fourth-order valence-corrected chi connectivity index (χ4v) is 10.8. The second-order valence-electron chi connectivity index (χ2n) is 24.9. The topological polar surface area (TPSA) is 105 Å². The standard InChI is InChI=1S/C74H135N2O6P/c1-6-8-10-12-14-16-18-20-22-24-26-28-30-32-34-35-36-37-38-39-40-41-42-44-46-48-50-52-54-56-58-60-62-64-66-68-74(78)75-72(71-82-83(79,80)81-70-69-76(3,4)5)73(77)67-65-63-61-59-57-55-53-51-49-47-45-43-33-31-29-27-25-23-21-19-17-15-13-11-9-7-2/h8,10,14,16,20,22,26,28,32,34,49,51,57,59,65,67,72-73,77H,6-7,9,11-13,15,17-19,21,23-25,27,29-31,33,35-48,50,52-56,58,60-64,66,68-71H2,1-5H3,(H-,75,78,79,80)/p+1/b10-8-,16-14-,22-20-,28-26-,34-32-,51-49+,59-57+,67-65+. The molecule has 0 aromatic rings. The summed E-state index contributed by atoms with van der Waals surface area (Å²) in [6.07, 6.45) is 92.8. The van der Waals surface area contributed by atoms with Crippen LogP contribution < -0.4 is 5.32 Å². The van der Waals surface area contributed by atoms with E-state index in [0.29, 0.717) is 17.4 Å². The molecule has 0 bridgehead atoms. The van der Waals surface area contributed by atoms with Gasteiger partial charge in [0.05, 0.1) is 39.9 Å². The monoisotopic (exact) mass is 1180 g/mol. The average molecular weight is 1180 g/mol. The van der Waals surface area contributed by atoms with Crippen LogP contribution in [0.3, 0.4) is 0 Å². The first-order valence-electron chi connectivity index (χ1n) is 35.1. The van der Waals surface area contributed by atoms with E-state index in [9.17, 15) is 19.4 Å². The van der Waals surface area contributed by atoms with Gasteiger partial charge in [-0.1, -0.05) is 317 Å². The van der Waals surface area contributed by atoms with Crippen molar-refractivity contribution in [1.29, 1.82) is 0 Å². The Kier molecular flexibility index (Phi) is 61.9. The van der Waals surface area contributed by atoms with Crippen molar-refractivity contribution in [1.82, 2.24) is 5.32 Å². The van der Waals surface area contributed by atoms with Gasteiger partial charge in [0.2, 0.25) is 5.91 Å². The second-order valence-corrected chi connectivity index (χ2v) is 26.3. The molecule has 3 atom stereocenters. The lowest BCUT2D eigenvalue weighted by Gasteiger charge is -2.25. The first-order chi connectivity index (χ1) is 40.5. The number of rotatable bonds is 64.